The van der Waals surface area contributed by atoms with Gasteiger partial charge >= 0.3 is 0 Å². The first-order valence-corrected chi connectivity index (χ1v) is 9.85. The van der Waals surface area contributed by atoms with Crippen LogP contribution in [0, 0.1) is 0 Å². The zero-order chi connectivity index (χ0) is 15.9. The summed E-state index contributed by atoms with van der Waals surface area (Å²) < 4.78 is 23.2. The highest BCUT2D eigenvalue weighted by Crippen LogP contribution is 2.26. The molecule has 3 nitrogen and oxygen atoms in total. The Hall–Kier alpha value is -0.290. The molecule has 0 saturated carbocycles. The molecule has 6 heteroatoms. The third-order valence-electron chi connectivity index (χ3n) is 3.32. The minimum absolute atomic E-state index is 0.0770. The van der Waals surface area contributed by atoms with E-state index in [0.29, 0.717) is 16.5 Å². The van der Waals surface area contributed by atoms with Crippen molar-refractivity contribution in [2.45, 2.75) is 39.2 Å². The molecule has 1 unspecified atom stereocenters. The van der Waals surface area contributed by atoms with E-state index in [1.807, 2.05) is 12.1 Å². The third-order valence-corrected chi connectivity index (χ3v) is 5.54. The number of sulfone groups is 1. The van der Waals surface area contributed by atoms with Crippen molar-refractivity contribution in [2.75, 3.05) is 18.1 Å². The lowest BCUT2D eigenvalue weighted by atomic mass is 10.0. The van der Waals surface area contributed by atoms with Crippen LogP contribution in [0.1, 0.15) is 44.7 Å². The zero-order valence-electron chi connectivity index (χ0n) is 12.5. The van der Waals surface area contributed by atoms with Gasteiger partial charge in [-0.3, -0.25) is 0 Å². The van der Waals surface area contributed by atoms with Crippen molar-refractivity contribution < 1.29 is 8.42 Å². The van der Waals surface area contributed by atoms with Crippen LogP contribution in [0.4, 0.5) is 0 Å². The van der Waals surface area contributed by atoms with Gasteiger partial charge in [-0.15, -0.1) is 0 Å². The van der Waals surface area contributed by atoms with Crippen LogP contribution < -0.4 is 5.32 Å². The molecule has 0 saturated heterocycles. The van der Waals surface area contributed by atoms with Gasteiger partial charge in [0.05, 0.1) is 5.75 Å². The van der Waals surface area contributed by atoms with Crippen LogP contribution in [0.15, 0.2) is 18.2 Å². The number of nitrogens with one attached hydrogen (secondary N) is 1. The summed E-state index contributed by atoms with van der Waals surface area (Å²) in [5, 5.41) is 4.63. The molecule has 0 aliphatic rings. The van der Waals surface area contributed by atoms with Crippen molar-refractivity contribution in [1.29, 1.82) is 0 Å². The molecule has 1 N–H and O–H groups in total. The van der Waals surface area contributed by atoms with E-state index in [9.17, 15) is 8.42 Å². The van der Waals surface area contributed by atoms with Gasteiger partial charge < -0.3 is 5.32 Å². The molecule has 0 aromatic heterocycles. The van der Waals surface area contributed by atoms with E-state index < -0.39 is 9.84 Å². The van der Waals surface area contributed by atoms with E-state index in [4.69, 9.17) is 23.2 Å². The lowest BCUT2D eigenvalue weighted by molar-refractivity contribution is 0.492. The molecule has 0 heterocycles. The van der Waals surface area contributed by atoms with E-state index in [2.05, 4.69) is 12.2 Å². The topological polar surface area (TPSA) is 46.2 Å². The van der Waals surface area contributed by atoms with Crippen LogP contribution in [-0.4, -0.2) is 26.5 Å². The van der Waals surface area contributed by atoms with Gasteiger partial charge in [-0.05, 0) is 49.6 Å². The van der Waals surface area contributed by atoms with Gasteiger partial charge in [-0.25, -0.2) is 8.42 Å². The zero-order valence-corrected chi connectivity index (χ0v) is 14.9. The Labute approximate surface area is 137 Å². The minimum atomic E-state index is -2.91. The van der Waals surface area contributed by atoms with Crippen LogP contribution in [0.5, 0.6) is 0 Å². The van der Waals surface area contributed by atoms with Crippen LogP contribution in [0.25, 0.3) is 0 Å². The first kappa shape index (κ1) is 18.8. The summed E-state index contributed by atoms with van der Waals surface area (Å²) in [5.41, 5.74) is 1.01. The maximum atomic E-state index is 11.6. The summed E-state index contributed by atoms with van der Waals surface area (Å²) in [5.74, 6) is 0.422. The van der Waals surface area contributed by atoms with Crippen molar-refractivity contribution in [3.05, 3.63) is 33.8 Å². The van der Waals surface area contributed by atoms with Crippen LogP contribution in [-0.2, 0) is 9.84 Å². The van der Waals surface area contributed by atoms with E-state index in [1.54, 1.807) is 13.0 Å². The molecule has 0 radical (unpaired) electrons. The Morgan fingerprint density at radius 1 is 1.14 bits per heavy atom. The first-order valence-electron chi connectivity index (χ1n) is 7.27. The standard InChI is InChI=1S/C15H23Cl2NO2S/c1-3-7-18-15(6-5-8-21(19,20)4-2)12-9-13(16)11-14(17)10-12/h9-11,15,18H,3-8H2,1-2H3. The molecule has 1 atom stereocenters. The van der Waals surface area contributed by atoms with Crippen LogP contribution in [0.2, 0.25) is 10.0 Å². The second kappa shape index (κ2) is 8.99. The van der Waals surface area contributed by atoms with Crippen molar-refractivity contribution in [2.24, 2.45) is 0 Å². The normalized spacial score (nSPS) is 13.3. The van der Waals surface area contributed by atoms with E-state index >= 15 is 0 Å². The van der Waals surface area contributed by atoms with Crippen molar-refractivity contribution in [3.63, 3.8) is 0 Å². The summed E-state index contributed by atoms with van der Waals surface area (Å²) in [7, 11) is -2.91. The Balaban J connectivity index is 2.75. The van der Waals surface area contributed by atoms with E-state index in [-0.39, 0.29) is 17.5 Å². The molecule has 1 rings (SSSR count). The molecule has 0 amide bonds. The largest absolute Gasteiger partial charge is 0.310 e. The quantitative estimate of drug-likeness (QED) is 0.723. The Morgan fingerprint density at radius 2 is 1.76 bits per heavy atom. The summed E-state index contributed by atoms with van der Waals surface area (Å²) >= 11 is 12.1. The van der Waals surface area contributed by atoms with Crippen LogP contribution in [0.3, 0.4) is 0 Å². The average Bonchev–Trinajstić information content (AvgIpc) is 2.41. The Kier molecular flexibility index (Phi) is 8.03. The maximum absolute atomic E-state index is 11.6. The molecular weight excluding hydrogens is 329 g/mol. The van der Waals surface area contributed by atoms with Crippen molar-refractivity contribution in [1.82, 2.24) is 5.32 Å². The molecule has 1 aromatic carbocycles. The predicted molar refractivity (Wildman–Crippen MR) is 91.1 cm³/mol. The molecule has 0 aliphatic carbocycles. The number of rotatable bonds is 9. The smallest absolute Gasteiger partial charge is 0.150 e. The highest BCUT2D eigenvalue weighted by molar-refractivity contribution is 7.91. The number of hydrogen-bond acceptors (Lipinski definition) is 3. The lowest BCUT2D eigenvalue weighted by Crippen LogP contribution is -2.23. The lowest BCUT2D eigenvalue weighted by Gasteiger charge is -2.19. The average molecular weight is 352 g/mol. The first-order chi connectivity index (χ1) is 9.88. The highest BCUT2D eigenvalue weighted by atomic mass is 35.5. The summed E-state index contributed by atoms with van der Waals surface area (Å²) in [4.78, 5) is 0. The molecule has 1 aromatic rings. The van der Waals surface area contributed by atoms with Gasteiger partial charge in [-0.1, -0.05) is 37.0 Å². The monoisotopic (exact) mass is 351 g/mol. The summed E-state index contributed by atoms with van der Waals surface area (Å²) in [6, 6.07) is 5.54. The van der Waals surface area contributed by atoms with Crippen molar-refractivity contribution in [3.8, 4) is 0 Å². The van der Waals surface area contributed by atoms with Gasteiger partial charge in [0.1, 0.15) is 9.84 Å². The fourth-order valence-electron chi connectivity index (χ4n) is 2.13. The number of benzene rings is 1. The SMILES string of the molecule is CCCNC(CCCS(=O)(=O)CC)c1cc(Cl)cc(Cl)c1. The molecule has 0 bridgehead atoms. The van der Waals surface area contributed by atoms with E-state index in [1.165, 1.54) is 0 Å². The fraction of sp³-hybridized carbons (Fsp3) is 0.600. The second-order valence-electron chi connectivity index (χ2n) is 5.09. The van der Waals surface area contributed by atoms with Gasteiger partial charge in [0.15, 0.2) is 0 Å². The van der Waals surface area contributed by atoms with Crippen LogP contribution >= 0.6 is 23.2 Å². The molecule has 0 aliphatic heterocycles. The van der Waals surface area contributed by atoms with Gasteiger partial charge in [0, 0.05) is 21.8 Å². The minimum Gasteiger partial charge on any atom is -0.310 e. The third kappa shape index (κ3) is 7.00. The van der Waals surface area contributed by atoms with Gasteiger partial charge in [0.2, 0.25) is 0 Å². The summed E-state index contributed by atoms with van der Waals surface area (Å²) in [6.45, 7) is 4.64. The maximum Gasteiger partial charge on any atom is 0.150 e. The molecule has 120 valence electrons. The molecule has 0 spiro atoms. The number of hydrogen-bond donors (Lipinski definition) is 1. The molecule has 21 heavy (non-hydrogen) atoms. The molecular formula is C15H23Cl2NO2S. The second-order valence-corrected chi connectivity index (χ2v) is 8.43. The Bertz CT molecular complexity index is 526. The highest BCUT2D eigenvalue weighted by Gasteiger charge is 2.14. The Morgan fingerprint density at radius 3 is 2.29 bits per heavy atom. The number of halogens is 2. The van der Waals surface area contributed by atoms with Gasteiger partial charge in [-0.2, -0.15) is 0 Å². The van der Waals surface area contributed by atoms with E-state index in [0.717, 1.165) is 24.9 Å². The van der Waals surface area contributed by atoms with Gasteiger partial charge in [0.25, 0.3) is 0 Å². The molecule has 0 fully saturated rings. The summed E-state index contributed by atoms with van der Waals surface area (Å²) in [6.07, 6.45) is 2.38. The van der Waals surface area contributed by atoms with Crippen molar-refractivity contribution >= 4 is 33.0 Å². The fourth-order valence-corrected chi connectivity index (χ4v) is 3.57. The predicted octanol–water partition coefficient (Wildman–Crippen LogP) is 4.25.